The maximum absolute atomic E-state index is 6.53. The number of hydrogen-bond donors (Lipinski definition) is 1. The van der Waals surface area contributed by atoms with Gasteiger partial charge in [-0.1, -0.05) is 26.2 Å². The molecule has 0 aromatic carbocycles. The molecule has 0 amide bonds. The quantitative estimate of drug-likeness (QED) is 0.842. The fraction of sp³-hybridized carbons (Fsp3) is 1.00. The summed E-state index contributed by atoms with van der Waals surface area (Å²) in [6.45, 7) is 7.13. The first-order valence-corrected chi connectivity index (χ1v) is 9.43. The fourth-order valence-corrected chi connectivity index (χ4v) is 4.54. The lowest BCUT2D eigenvalue weighted by Crippen LogP contribution is -2.45. The molecule has 122 valence electrons. The second-order valence-corrected chi connectivity index (χ2v) is 7.55. The van der Waals surface area contributed by atoms with E-state index in [2.05, 4.69) is 17.1 Å². The molecule has 2 heterocycles. The number of ether oxygens (including phenoxy) is 1. The van der Waals surface area contributed by atoms with Crippen LogP contribution in [0.25, 0.3) is 0 Å². The van der Waals surface area contributed by atoms with E-state index in [-0.39, 0.29) is 0 Å². The zero-order valence-corrected chi connectivity index (χ0v) is 13.9. The molecule has 1 aliphatic carbocycles. The van der Waals surface area contributed by atoms with E-state index in [1.165, 1.54) is 90.4 Å². The zero-order chi connectivity index (χ0) is 14.5. The fourth-order valence-electron chi connectivity index (χ4n) is 4.54. The molecule has 3 rings (SSSR count). The lowest BCUT2D eigenvalue weighted by molar-refractivity contribution is -0.0732. The minimum absolute atomic E-state index is 0.296. The Bertz CT molecular complexity index is 306. The summed E-state index contributed by atoms with van der Waals surface area (Å²) in [5.41, 5.74) is 0.296. The van der Waals surface area contributed by atoms with Crippen molar-refractivity contribution in [2.24, 2.45) is 0 Å². The van der Waals surface area contributed by atoms with E-state index in [0.29, 0.717) is 11.7 Å². The molecular weight excluding hydrogens is 260 g/mol. The van der Waals surface area contributed by atoms with Gasteiger partial charge in [-0.05, 0) is 64.6 Å². The van der Waals surface area contributed by atoms with Crippen LogP contribution in [-0.4, -0.2) is 48.8 Å². The van der Waals surface area contributed by atoms with Crippen molar-refractivity contribution in [1.29, 1.82) is 0 Å². The SMILES string of the molecule is CCCNC1CCN(CC2CCC3(CCCCC3)O2)CC1. The van der Waals surface area contributed by atoms with E-state index in [1.54, 1.807) is 0 Å². The van der Waals surface area contributed by atoms with Crippen LogP contribution in [-0.2, 0) is 4.74 Å². The van der Waals surface area contributed by atoms with Crippen LogP contribution in [0.3, 0.4) is 0 Å². The van der Waals surface area contributed by atoms with Crippen molar-refractivity contribution in [1.82, 2.24) is 10.2 Å². The van der Waals surface area contributed by atoms with Gasteiger partial charge >= 0.3 is 0 Å². The maximum Gasteiger partial charge on any atom is 0.0710 e. The van der Waals surface area contributed by atoms with Crippen LogP contribution >= 0.6 is 0 Å². The first-order chi connectivity index (χ1) is 10.3. The van der Waals surface area contributed by atoms with E-state index >= 15 is 0 Å². The number of hydrogen-bond acceptors (Lipinski definition) is 3. The first kappa shape index (κ1) is 15.8. The second kappa shape index (κ2) is 7.43. The molecule has 3 fully saturated rings. The Hall–Kier alpha value is -0.120. The van der Waals surface area contributed by atoms with Crippen molar-refractivity contribution in [2.45, 2.75) is 88.9 Å². The van der Waals surface area contributed by atoms with Crippen LogP contribution in [0.1, 0.15) is 71.1 Å². The van der Waals surface area contributed by atoms with Crippen molar-refractivity contribution in [3.8, 4) is 0 Å². The average molecular weight is 294 g/mol. The molecule has 0 bridgehead atoms. The van der Waals surface area contributed by atoms with Gasteiger partial charge in [-0.3, -0.25) is 0 Å². The summed E-state index contributed by atoms with van der Waals surface area (Å²) in [7, 11) is 0. The smallest absolute Gasteiger partial charge is 0.0710 e. The minimum Gasteiger partial charge on any atom is -0.370 e. The molecule has 3 nitrogen and oxygen atoms in total. The molecule has 0 radical (unpaired) electrons. The molecule has 1 unspecified atom stereocenters. The molecule has 2 aliphatic heterocycles. The highest BCUT2D eigenvalue weighted by molar-refractivity contribution is 4.92. The normalized spacial score (nSPS) is 31.0. The van der Waals surface area contributed by atoms with Crippen LogP contribution in [0.2, 0.25) is 0 Å². The predicted molar refractivity (Wildman–Crippen MR) is 87.7 cm³/mol. The summed E-state index contributed by atoms with van der Waals surface area (Å²) in [5, 5.41) is 3.67. The summed E-state index contributed by atoms with van der Waals surface area (Å²) in [6.07, 6.45) is 13.9. The highest BCUT2D eigenvalue weighted by Gasteiger charge is 2.41. The van der Waals surface area contributed by atoms with E-state index < -0.39 is 0 Å². The highest BCUT2D eigenvalue weighted by atomic mass is 16.5. The van der Waals surface area contributed by atoms with Crippen molar-refractivity contribution in [3.63, 3.8) is 0 Å². The van der Waals surface area contributed by atoms with E-state index in [1.807, 2.05) is 0 Å². The van der Waals surface area contributed by atoms with Crippen molar-refractivity contribution >= 4 is 0 Å². The predicted octanol–water partition coefficient (Wildman–Crippen LogP) is 3.33. The molecule has 0 aromatic rings. The lowest BCUT2D eigenvalue weighted by atomic mass is 9.83. The van der Waals surface area contributed by atoms with Gasteiger partial charge in [-0.15, -0.1) is 0 Å². The zero-order valence-electron chi connectivity index (χ0n) is 13.9. The Morgan fingerprint density at radius 1 is 1.05 bits per heavy atom. The number of piperidine rings is 1. The molecule has 1 N–H and O–H groups in total. The number of nitrogens with zero attached hydrogens (tertiary/aromatic N) is 1. The van der Waals surface area contributed by atoms with Gasteiger partial charge in [-0.25, -0.2) is 0 Å². The van der Waals surface area contributed by atoms with Crippen LogP contribution in [0.4, 0.5) is 0 Å². The maximum atomic E-state index is 6.53. The van der Waals surface area contributed by atoms with Gasteiger partial charge in [0.1, 0.15) is 0 Å². The summed E-state index contributed by atoms with van der Waals surface area (Å²) < 4.78 is 6.53. The van der Waals surface area contributed by atoms with Gasteiger partial charge in [0.05, 0.1) is 11.7 Å². The lowest BCUT2D eigenvalue weighted by Gasteiger charge is -2.36. The third kappa shape index (κ3) is 4.20. The number of rotatable bonds is 5. The van der Waals surface area contributed by atoms with Crippen LogP contribution < -0.4 is 5.32 Å². The summed E-state index contributed by atoms with van der Waals surface area (Å²) in [5.74, 6) is 0. The Kier molecular flexibility index (Phi) is 5.58. The van der Waals surface area contributed by atoms with Crippen molar-refractivity contribution in [3.05, 3.63) is 0 Å². The molecule has 1 saturated carbocycles. The Labute approximate surface area is 130 Å². The highest BCUT2D eigenvalue weighted by Crippen LogP contribution is 2.42. The average Bonchev–Trinajstić information content (AvgIpc) is 2.89. The summed E-state index contributed by atoms with van der Waals surface area (Å²) >= 11 is 0. The van der Waals surface area contributed by atoms with E-state index in [0.717, 1.165) is 6.04 Å². The third-order valence-electron chi connectivity index (χ3n) is 5.84. The Morgan fingerprint density at radius 2 is 1.81 bits per heavy atom. The molecular formula is C18H34N2O. The third-order valence-corrected chi connectivity index (χ3v) is 5.84. The van der Waals surface area contributed by atoms with Gasteiger partial charge in [0.15, 0.2) is 0 Å². The van der Waals surface area contributed by atoms with Gasteiger partial charge < -0.3 is 15.0 Å². The van der Waals surface area contributed by atoms with E-state index in [9.17, 15) is 0 Å². The van der Waals surface area contributed by atoms with E-state index in [4.69, 9.17) is 4.74 Å². The molecule has 2 saturated heterocycles. The van der Waals surface area contributed by atoms with Gasteiger partial charge in [-0.2, -0.15) is 0 Å². The van der Waals surface area contributed by atoms with Crippen LogP contribution in [0, 0.1) is 0 Å². The summed E-state index contributed by atoms with van der Waals surface area (Å²) in [4.78, 5) is 2.65. The Morgan fingerprint density at radius 3 is 2.52 bits per heavy atom. The van der Waals surface area contributed by atoms with Crippen LogP contribution in [0.15, 0.2) is 0 Å². The van der Waals surface area contributed by atoms with Crippen molar-refractivity contribution < 1.29 is 4.74 Å². The van der Waals surface area contributed by atoms with Crippen molar-refractivity contribution in [2.75, 3.05) is 26.2 Å². The monoisotopic (exact) mass is 294 g/mol. The van der Waals surface area contributed by atoms with Gasteiger partial charge in [0.25, 0.3) is 0 Å². The molecule has 3 heteroatoms. The first-order valence-electron chi connectivity index (χ1n) is 9.43. The van der Waals surface area contributed by atoms with Gasteiger partial charge in [0, 0.05) is 12.6 Å². The van der Waals surface area contributed by atoms with Crippen LogP contribution in [0.5, 0.6) is 0 Å². The molecule has 1 spiro atoms. The molecule has 21 heavy (non-hydrogen) atoms. The number of likely N-dealkylation sites (tertiary alicyclic amines) is 1. The second-order valence-electron chi connectivity index (χ2n) is 7.55. The Balaban J connectivity index is 1.38. The molecule has 0 aromatic heterocycles. The summed E-state index contributed by atoms with van der Waals surface area (Å²) in [6, 6.07) is 0.760. The minimum atomic E-state index is 0.296. The number of nitrogens with one attached hydrogen (secondary N) is 1. The molecule has 1 atom stereocenters. The molecule has 3 aliphatic rings. The van der Waals surface area contributed by atoms with Gasteiger partial charge in [0.2, 0.25) is 0 Å². The topological polar surface area (TPSA) is 24.5 Å². The largest absolute Gasteiger partial charge is 0.370 e. The standard InChI is InChI=1S/C18H34N2O/c1-2-12-19-16-7-13-20(14-8-16)15-17-6-11-18(21-17)9-4-3-5-10-18/h16-17,19H,2-15H2,1H3.